The largest absolute Gasteiger partial charge is 0.480 e. The Morgan fingerprint density at radius 1 is 1.16 bits per heavy atom. The van der Waals surface area contributed by atoms with Crippen LogP contribution in [0.3, 0.4) is 0 Å². The highest BCUT2D eigenvalue weighted by atomic mass is 19.1. The molecule has 1 saturated heterocycles. The van der Waals surface area contributed by atoms with Crippen LogP contribution in [0.25, 0.3) is 11.8 Å². The molecular weight excluding hydrogens is 400 g/mol. The lowest BCUT2D eigenvalue weighted by atomic mass is 10.0. The normalized spacial score (nSPS) is 17.1. The maximum atomic E-state index is 14.7. The molecule has 0 bridgehead atoms. The van der Waals surface area contributed by atoms with Gasteiger partial charge in [0.1, 0.15) is 17.2 Å². The smallest absolute Gasteiger partial charge is 0.289 e. The van der Waals surface area contributed by atoms with E-state index in [4.69, 9.17) is 4.74 Å². The summed E-state index contributed by atoms with van der Waals surface area (Å²) in [6.07, 6.45) is 4.84. The zero-order chi connectivity index (χ0) is 22.2. The molecule has 1 aliphatic heterocycles. The number of amides is 1. The zero-order valence-electron chi connectivity index (χ0n) is 17.6. The van der Waals surface area contributed by atoms with E-state index in [1.807, 2.05) is 20.8 Å². The first-order valence-corrected chi connectivity index (χ1v) is 9.95. The number of carbonyl (C=O) groups excluding carboxylic acids is 1. The minimum Gasteiger partial charge on any atom is -0.480 e. The Hall–Kier alpha value is -3.48. The summed E-state index contributed by atoms with van der Waals surface area (Å²) in [5.41, 5.74) is 1.87. The van der Waals surface area contributed by atoms with E-state index in [1.54, 1.807) is 52.3 Å². The van der Waals surface area contributed by atoms with Crippen molar-refractivity contribution < 1.29 is 18.3 Å². The number of imidazole rings is 1. The van der Waals surface area contributed by atoms with Gasteiger partial charge in [-0.15, -0.1) is 0 Å². The fourth-order valence-corrected chi connectivity index (χ4v) is 3.62. The van der Waals surface area contributed by atoms with Gasteiger partial charge in [0.15, 0.2) is 5.76 Å². The average Bonchev–Trinajstić information content (AvgIpc) is 3.13. The average molecular weight is 423 g/mol. The summed E-state index contributed by atoms with van der Waals surface area (Å²) in [4.78, 5) is 18.8. The van der Waals surface area contributed by atoms with E-state index in [9.17, 15) is 13.6 Å². The standard InChI is InChI=1S/C24H23F2N3O2/c1-16-12-29(15-27-16)21-9-6-18(10-20(21)26)11-22-23(30)28(14-24(2,3)31-22)13-17-4-7-19(25)8-5-17/h4-12,15H,13-14H2,1-3H3. The fraction of sp³-hybridized carbons (Fsp3) is 0.250. The third-order valence-corrected chi connectivity index (χ3v) is 5.00. The van der Waals surface area contributed by atoms with Crippen molar-refractivity contribution in [3.8, 4) is 5.69 Å². The van der Waals surface area contributed by atoms with Gasteiger partial charge in [0.2, 0.25) is 0 Å². The predicted molar refractivity (Wildman–Crippen MR) is 113 cm³/mol. The molecule has 0 atom stereocenters. The van der Waals surface area contributed by atoms with Gasteiger partial charge in [-0.2, -0.15) is 0 Å². The number of aryl methyl sites for hydroxylation is 1. The van der Waals surface area contributed by atoms with E-state index in [-0.39, 0.29) is 17.5 Å². The number of halogens is 2. The molecule has 5 nitrogen and oxygen atoms in total. The first-order valence-electron chi connectivity index (χ1n) is 9.95. The lowest BCUT2D eigenvalue weighted by Gasteiger charge is -2.39. The summed E-state index contributed by atoms with van der Waals surface area (Å²) >= 11 is 0. The van der Waals surface area contributed by atoms with Gasteiger partial charge >= 0.3 is 0 Å². The van der Waals surface area contributed by atoms with Crippen LogP contribution in [0.4, 0.5) is 8.78 Å². The van der Waals surface area contributed by atoms with Crippen LogP contribution in [-0.4, -0.2) is 32.5 Å². The van der Waals surface area contributed by atoms with Crippen molar-refractivity contribution in [2.24, 2.45) is 0 Å². The molecule has 0 unspecified atom stereocenters. The molecule has 0 radical (unpaired) electrons. The third kappa shape index (κ3) is 4.66. The lowest BCUT2D eigenvalue weighted by molar-refractivity contribution is -0.146. The Kier molecular flexibility index (Phi) is 5.35. The van der Waals surface area contributed by atoms with Crippen LogP contribution in [0.5, 0.6) is 0 Å². The predicted octanol–water partition coefficient (Wildman–Crippen LogP) is 4.64. The zero-order valence-corrected chi connectivity index (χ0v) is 17.6. The molecule has 0 saturated carbocycles. The second kappa shape index (κ2) is 7.98. The molecule has 7 heteroatoms. The number of ether oxygens (including phenoxy) is 1. The Labute approximate surface area is 179 Å². The number of hydrogen-bond donors (Lipinski definition) is 0. The minimum atomic E-state index is -0.618. The Morgan fingerprint density at radius 2 is 1.90 bits per heavy atom. The van der Waals surface area contributed by atoms with Crippen molar-refractivity contribution in [2.45, 2.75) is 32.9 Å². The van der Waals surface area contributed by atoms with Crippen molar-refractivity contribution in [1.29, 1.82) is 0 Å². The Morgan fingerprint density at radius 3 is 2.55 bits per heavy atom. The van der Waals surface area contributed by atoms with Crippen molar-refractivity contribution in [3.63, 3.8) is 0 Å². The summed E-state index contributed by atoms with van der Waals surface area (Å²) in [5, 5.41) is 0. The number of benzene rings is 2. The molecule has 31 heavy (non-hydrogen) atoms. The Bertz CT molecular complexity index is 1150. The summed E-state index contributed by atoms with van der Waals surface area (Å²) in [7, 11) is 0. The highest BCUT2D eigenvalue weighted by Crippen LogP contribution is 2.28. The van der Waals surface area contributed by atoms with Crippen LogP contribution in [0.1, 0.15) is 30.7 Å². The van der Waals surface area contributed by atoms with E-state index in [2.05, 4.69) is 4.98 Å². The molecule has 0 N–H and O–H groups in total. The number of hydrogen-bond acceptors (Lipinski definition) is 3. The second-order valence-electron chi connectivity index (χ2n) is 8.29. The fourth-order valence-electron chi connectivity index (χ4n) is 3.62. The Balaban J connectivity index is 1.60. The van der Waals surface area contributed by atoms with E-state index < -0.39 is 11.4 Å². The van der Waals surface area contributed by atoms with E-state index in [1.165, 1.54) is 18.2 Å². The number of rotatable bonds is 4. The maximum Gasteiger partial charge on any atom is 0.289 e. The quantitative estimate of drug-likeness (QED) is 0.575. The number of carbonyl (C=O) groups is 1. The van der Waals surface area contributed by atoms with Crippen LogP contribution >= 0.6 is 0 Å². The first kappa shape index (κ1) is 20.8. The van der Waals surface area contributed by atoms with Crippen molar-refractivity contribution in [3.05, 3.63) is 89.2 Å². The van der Waals surface area contributed by atoms with Gasteiger partial charge in [0.25, 0.3) is 5.91 Å². The van der Waals surface area contributed by atoms with Crippen molar-refractivity contribution >= 4 is 12.0 Å². The summed E-state index contributed by atoms with van der Waals surface area (Å²) in [6.45, 7) is 6.31. The first-order chi connectivity index (χ1) is 14.7. The van der Waals surface area contributed by atoms with E-state index in [0.717, 1.165) is 11.3 Å². The van der Waals surface area contributed by atoms with Crippen molar-refractivity contribution in [2.75, 3.05) is 6.54 Å². The second-order valence-corrected chi connectivity index (χ2v) is 8.29. The van der Waals surface area contributed by atoms with Crippen LogP contribution in [-0.2, 0) is 16.1 Å². The molecule has 4 rings (SSSR count). The van der Waals surface area contributed by atoms with Gasteiger partial charge in [-0.1, -0.05) is 18.2 Å². The number of nitrogens with zero attached hydrogens (tertiary/aromatic N) is 3. The molecule has 160 valence electrons. The van der Waals surface area contributed by atoms with Crippen LogP contribution < -0.4 is 0 Å². The molecule has 0 aliphatic carbocycles. The molecule has 1 aromatic heterocycles. The number of morpholine rings is 1. The summed E-state index contributed by atoms with van der Waals surface area (Å²) < 4.78 is 35.4. The summed E-state index contributed by atoms with van der Waals surface area (Å²) in [5.74, 6) is -0.908. The SMILES string of the molecule is Cc1cn(-c2ccc(C=C3OC(C)(C)CN(Cc4ccc(F)cc4)C3=O)cc2F)cn1. The maximum absolute atomic E-state index is 14.7. The molecule has 1 aliphatic rings. The molecule has 0 spiro atoms. The molecular formula is C24H23F2N3O2. The number of aromatic nitrogens is 2. The van der Waals surface area contributed by atoms with Gasteiger partial charge in [0.05, 0.1) is 24.3 Å². The van der Waals surface area contributed by atoms with Crippen LogP contribution in [0.15, 0.2) is 60.7 Å². The highest BCUT2D eigenvalue weighted by Gasteiger charge is 2.36. The molecule has 2 aromatic carbocycles. The highest BCUT2D eigenvalue weighted by molar-refractivity contribution is 5.96. The van der Waals surface area contributed by atoms with E-state index >= 15 is 0 Å². The minimum absolute atomic E-state index is 0.143. The third-order valence-electron chi connectivity index (χ3n) is 5.00. The van der Waals surface area contributed by atoms with Crippen LogP contribution in [0.2, 0.25) is 0 Å². The molecule has 1 amide bonds. The topological polar surface area (TPSA) is 47.4 Å². The van der Waals surface area contributed by atoms with Crippen LogP contribution in [0, 0.1) is 18.6 Å². The van der Waals surface area contributed by atoms with E-state index in [0.29, 0.717) is 24.3 Å². The van der Waals surface area contributed by atoms with Gasteiger partial charge < -0.3 is 14.2 Å². The van der Waals surface area contributed by atoms with Gasteiger partial charge in [0, 0.05) is 12.7 Å². The lowest BCUT2D eigenvalue weighted by Crippen LogP contribution is -2.49. The van der Waals surface area contributed by atoms with Gasteiger partial charge in [-0.25, -0.2) is 13.8 Å². The summed E-state index contributed by atoms with van der Waals surface area (Å²) in [6, 6.07) is 10.8. The molecule has 1 fully saturated rings. The molecule has 3 aromatic rings. The monoisotopic (exact) mass is 423 g/mol. The molecule has 2 heterocycles. The van der Waals surface area contributed by atoms with Gasteiger partial charge in [-0.05, 0) is 62.2 Å². The van der Waals surface area contributed by atoms with Crippen molar-refractivity contribution in [1.82, 2.24) is 14.5 Å². The van der Waals surface area contributed by atoms with Gasteiger partial charge in [-0.3, -0.25) is 4.79 Å².